The second-order valence-corrected chi connectivity index (χ2v) is 8.46. The Morgan fingerprint density at radius 2 is 1.79 bits per heavy atom. The molecule has 3 fully saturated rings. The lowest BCUT2D eigenvalue weighted by Gasteiger charge is -2.49. The van der Waals surface area contributed by atoms with Gasteiger partial charge in [0, 0.05) is 51.1 Å². The van der Waals surface area contributed by atoms with Crippen LogP contribution >= 0.6 is 0 Å². The molecule has 1 aromatic carbocycles. The highest BCUT2D eigenvalue weighted by Gasteiger charge is 2.43. The van der Waals surface area contributed by atoms with E-state index in [-0.39, 0.29) is 17.4 Å². The quantitative estimate of drug-likeness (QED) is 0.803. The zero-order valence-electron chi connectivity index (χ0n) is 16.6. The number of likely N-dealkylation sites (tertiary alicyclic amines) is 2. The van der Waals surface area contributed by atoms with Gasteiger partial charge < -0.3 is 19.4 Å². The Kier molecular flexibility index (Phi) is 5.85. The second-order valence-electron chi connectivity index (χ2n) is 8.46. The largest absolute Gasteiger partial charge is 0.378 e. The van der Waals surface area contributed by atoms with Crippen LogP contribution in [0.15, 0.2) is 30.3 Å². The minimum atomic E-state index is 0.0603. The van der Waals surface area contributed by atoms with E-state index in [4.69, 9.17) is 4.74 Å². The average molecular weight is 386 g/mol. The van der Waals surface area contributed by atoms with Gasteiger partial charge in [-0.05, 0) is 31.2 Å². The number of ether oxygens (including phenoxy) is 1. The maximum atomic E-state index is 13.0. The fourth-order valence-electron chi connectivity index (χ4n) is 4.87. The molecule has 0 saturated carbocycles. The molecule has 3 amide bonds. The third-order valence-corrected chi connectivity index (χ3v) is 6.47. The van der Waals surface area contributed by atoms with E-state index >= 15 is 0 Å². The maximum absolute atomic E-state index is 13.0. The highest BCUT2D eigenvalue weighted by atomic mass is 16.5. The lowest BCUT2D eigenvalue weighted by atomic mass is 9.73. The first-order valence-corrected chi connectivity index (χ1v) is 10.6. The fraction of sp³-hybridized carbons (Fsp3) is 0.636. The molecule has 3 aliphatic heterocycles. The van der Waals surface area contributed by atoms with Gasteiger partial charge >= 0.3 is 6.03 Å². The summed E-state index contributed by atoms with van der Waals surface area (Å²) < 4.78 is 5.38. The average Bonchev–Trinajstić information content (AvgIpc) is 2.75. The van der Waals surface area contributed by atoms with E-state index in [0.29, 0.717) is 32.7 Å². The van der Waals surface area contributed by atoms with E-state index in [9.17, 15) is 9.59 Å². The monoisotopic (exact) mass is 385 g/mol. The van der Waals surface area contributed by atoms with Gasteiger partial charge in [0.1, 0.15) is 0 Å². The Morgan fingerprint density at radius 3 is 2.57 bits per heavy atom. The van der Waals surface area contributed by atoms with Crippen molar-refractivity contribution in [2.24, 2.45) is 5.41 Å². The molecule has 1 spiro atoms. The van der Waals surface area contributed by atoms with Gasteiger partial charge in [0.2, 0.25) is 5.91 Å². The summed E-state index contributed by atoms with van der Waals surface area (Å²) in [5.41, 5.74) is 1.33. The third-order valence-electron chi connectivity index (χ3n) is 6.47. The summed E-state index contributed by atoms with van der Waals surface area (Å²) in [5, 5.41) is 0. The molecular formula is C22H31N3O3. The SMILES string of the molecule is O=C1CC[C@]2(CCCN(C(=O)N3CCOCC3)C2)CN1CCc1ccccc1. The van der Waals surface area contributed by atoms with Gasteiger partial charge in [-0.25, -0.2) is 4.79 Å². The molecule has 6 nitrogen and oxygen atoms in total. The summed E-state index contributed by atoms with van der Waals surface area (Å²) in [6.45, 7) is 5.79. The van der Waals surface area contributed by atoms with Crippen molar-refractivity contribution in [3.63, 3.8) is 0 Å². The van der Waals surface area contributed by atoms with Crippen molar-refractivity contribution in [2.45, 2.75) is 32.1 Å². The van der Waals surface area contributed by atoms with Gasteiger partial charge in [-0.3, -0.25) is 4.79 Å². The highest BCUT2D eigenvalue weighted by Crippen LogP contribution is 2.39. The maximum Gasteiger partial charge on any atom is 0.320 e. The number of urea groups is 1. The van der Waals surface area contributed by atoms with E-state index < -0.39 is 0 Å². The topological polar surface area (TPSA) is 53.1 Å². The van der Waals surface area contributed by atoms with Gasteiger partial charge in [-0.2, -0.15) is 0 Å². The standard InChI is InChI=1S/C22H31N3O3/c26-20-7-10-22(17-24(20)12-8-19-5-2-1-3-6-19)9-4-11-25(18-22)21(27)23-13-15-28-16-14-23/h1-3,5-6H,4,7-18H2/t22-/m1/s1. The molecule has 3 heterocycles. The number of piperidine rings is 2. The number of morpholine rings is 1. The number of hydrogen-bond donors (Lipinski definition) is 0. The van der Waals surface area contributed by atoms with Gasteiger partial charge in [-0.1, -0.05) is 30.3 Å². The van der Waals surface area contributed by atoms with Crippen LogP contribution in [0, 0.1) is 5.41 Å². The van der Waals surface area contributed by atoms with Gasteiger partial charge in [-0.15, -0.1) is 0 Å². The molecule has 28 heavy (non-hydrogen) atoms. The molecule has 0 unspecified atom stereocenters. The summed E-state index contributed by atoms with van der Waals surface area (Å²) in [4.78, 5) is 31.5. The van der Waals surface area contributed by atoms with Crippen LogP contribution in [0.5, 0.6) is 0 Å². The van der Waals surface area contributed by atoms with E-state index in [1.807, 2.05) is 32.9 Å². The van der Waals surface area contributed by atoms with Crippen LogP contribution < -0.4 is 0 Å². The van der Waals surface area contributed by atoms with Gasteiger partial charge in [0.15, 0.2) is 0 Å². The predicted octanol–water partition coefficient (Wildman–Crippen LogP) is 2.39. The molecule has 3 aliphatic rings. The van der Waals surface area contributed by atoms with Crippen molar-refractivity contribution in [1.82, 2.24) is 14.7 Å². The zero-order valence-corrected chi connectivity index (χ0v) is 16.6. The van der Waals surface area contributed by atoms with Crippen molar-refractivity contribution in [3.8, 4) is 0 Å². The number of carbonyl (C=O) groups is 2. The molecule has 1 aromatic rings. The second kappa shape index (κ2) is 8.52. The highest BCUT2D eigenvalue weighted by molar-refractivity contribution is 5.77. The summed E-state index contributed by atoms with van der Waals surface area (Å²) in [7, 11) is 0. The van der Waals surface area contributed by atoms with Crippen LogP contribution in [-0.4, -0.2) is 79.1 Å². The lowest BCUT2D eigenvalue weighted by Crippen LogP contribution is -2.58. The first-order valence-electron chi connectivity index (χ1n) is 10.6. The Labute approximate surface area is 167 Å². The number of benzene rings is 1. The number of hydrogen-bond acceptors (Lipinski definition) is 3. The molecule has 6 heteroatoms. The number of amides is 3. The Morgan fingerprint density at radius 1 is 1.00 bits per heavy atom. The van der Waals surface area contributed by atoms with Gasteiger partial charge in [0.25, 0.3) is 0 Å². The normalized spacial score (nSPS) is 26.0. The van der Waals surface area contributed by atoms with E-state index in [2.05, 4.69) is 12.1 Å². The van der Waals surface area contributed by atoms with Crippen molar-refractivity contribution in [3.05, 3.63) is 35.9 Å². The van der Waals surface area contributed by atoms with Crippen molar-refractivity contribution < 1.29 is 14.3 Å². The molecule has 0 radical (unpaired) electrons. The van der Waals surface area contributed by atoms with Crippen LogP contribution in [0.1, 0.15) is 31.2 Å². The summed E-state index contributed by atoms with van der Waals surface area (Å²) in [5.74, 6) is 0.262. The van der Waals surface area contributed by atoms with Crippen LogP contribution in [0.2, 0.25) is 0 Å². The van der Waals surface area contributed by atoms with Crippen LogP contribution in [0.4, 0.5) is 4.79 Å². The van der Waals surface area contributed by atoms with E-state index in [1.54, 1.807) is 0 Å². The smallest absolute Gasteiger partial charge is 0.320 e. The molecule has 0 N–H and O–H groups in total. The number of nitrogens with zero attached hydrogens (tertiary/aromatic N) is 3. The summed E-state index contributed by atoms with van der Waals surface area (Å²) in [6, 6.07) is 10.5. The van der Waals surface area contributed by atoms with Crippen molar-refractivity contribution >= 4 is 11.9 Å². The lowest BCUT2D eigenvalue weighted by molar-refractivity contribution is -0.139. The molecule has 3 saturated heterocycles. The van der Waals surface area contributed by atoms with Crippen LogP contribution in [-0.2, 0) is 16.0 Å². The molecule has 0 aliphatic carbocycles. The summed E-state index contributed by atoms with van der Waals surface area (Å²) >= 11 is 0. The molecule has 4 rings (SSSR count). The number of carbonyl (C=O) groups excluding carboxylic acids is 2. The Balaban J connectivity index is 1.38. The van der Waals surface area contributed by atoms with Crippen molar-refractivity contribution in [2.75, 3.05) is 52.5 Å². The fourth-order valence-corrected chi connectivity index (χ4v) is 4.87. The third kappa shape index (κ3) is 4.32. The molecule has 152 valence electrons. The molecule has 0 aromatic heterocycles. The predicted molar refractivity (Wildman–Crippen MR) is 107 cm³/mol. The Bertz CT molecular complexity index is 690. The first-order chi connectivity index (χ1) is 13.7. The van der Waals surface area contributed by atoms with Crippen molar-refractivity contribution in [1.29, 1.82) is 0 Å². The molecule has 1 atom stereocenters. The molecule has 0 bridgehead atoms. The number of rotatable bonds is 3. The summed E-state index contributed by atoms with van der Waals surface area (Å²) in [6.07, 6.45) is 4.53. The first kappa shape index (κ1) is 19.2. The van der Waals surface area contributed by atoms with Crippen LogP contribution in [0.25, 0.3) is 0 Å². The minimum Gasteiger partial charge on any atom is -0.378 e. The Hall–Kier alpha value is -2.08. The van der Waals surface area contributed by atoms with Crippen LogP contribution in [0.3, 0.4) is 0 Å². The molecular weight excluding hydrogens is 354 g/mol. The van der Waals surface area contributed by atoms with E-state index in [1.165, 1.54) is 5.56 Å². The van der Waals surface area contributed by atoms with Gasteiger partial charge in [0.05, 0.1) is 13.2 Å². The minimum absolute atomic E-state index is 0.0603. The van der Waals surface area contributed by atoms with E-state index in [0.717, 1.165) is 51.9 Å². The zero-order chi connectivity index (χ0) is 19.4.